The summed E-state index contributed by atoms with van der Waals surface area (Å²) in [4.78, 5) is 12.3. The van der Waals surface area contributed by atoms with Gasteiger partial charge >= 0.3 is 6.09 Å². The third-order valence-electron chi connectivity index (χ3n) is 2.65. The molecule has 1 aromatic carbocycles. The van der Waals surface area contributed by atoms with Gasteiger partial charge in [-0.25, -0.2) is 4.79 Å². The van der Waals surface area contributed by atoms with Crippen LogP contribution in [0.25, 0.3) is 0 Å². The van der Waals surface area contributed by atoms with E-state index in [1.165, 1.54) is 11.3 Å². The first-order valence-corrected chi connectivity index (χ1v) is 7.28. The summed E-state index contributed by atoms with van der Waals surface area (Å²) in [6, 6.07) is 11.3. The summed E-state index contributed by atoms with van der Waals surface area (Å²) < 4.78 is 5.05. The highest BCUT2D eigenvalue weighted by atomic mass is 32.1. The summed E-state index contributed by atoms with van der Waals surface area (Å²) in [6.07, 6.45) is -0.499. The molecule has 0 aliphatic rings. The second kappa shape index (κ2) is 8.10. The van der Waals surface area contributed by atoms with E-state index in [4.69, 9.17) is 9.84 Å². The molecule has 0 radical (unpaired) electrons. The van der Waals surface area contributed by atoms with Crippen LogP contribution in [0.4, 0.5) is 4.79 Å². The van der Waals surface area contributed by atoms with Gasteiger partial charge in [-0.05, 0) is 17.0 Å². The van der Waals surface area contributed by atoms with Crippen LogP contribution in [0.15, 0.2) is 41.8 Å². The van der Waals surface area contributed by atoms with Gasteiger partial charge in [0, 0.05) is 10.4 Å². The Morgan fingerprint density at radius 3 is 2.86 bits per heavy atom. The summed E-state index contributed by atoms with van der Waals surface area (Å²) in [5.74, 6) is 5.73. The number of carbonyl (C=O) groups is 1. The Labute approximate surface area is 127 Å². The smallest absolute Gasteiger partial charge is 0.408 e. The van der Waals surface area contributed by atoms with Crippen molar-refractivity contribution in [3.05, 3.63) is 57.8 Å². The standard InChI is InChI=1S/C16H15NO3S/c18-11-15-14(8-10-21-15)7-4-9-17-16(19)20-12-13-5-2-1-3-6-13/h1-3,5-6,8,10,18H,9,11-12H2,(H,17,19). The van der Waals surface area contributed by atoms with Crippen LogP contribution in [-0.2, 0) is 18.0 Å². The number of benzene rings is 1. The summed E-state index contributed by atoms with van der Waals surface area (Å²) in [7, 11) is 0. The van der Waals surface area contributed by atoms with Crippen LogP contribution >= 0.6 is 11.3 Å². The van der Waals surface area contributed by atoms with Crippen molar-refractivity contribution in [1.82, 2.24) is 5.32 Å². The summed E-state index contributed by atoms with van der Waals surface area (Å²) in [5, 5.41) is 13.5. The van der Waals surface area contributed by atoms with Crippen LogP contribution in [-0.4, -0.2) is 17.7 Å². The number of nitrogens with one attached hydrogen (secondary N) is 1. The van der Waals surface area contributed by atoms with Crippen molar-refractivity contribution in [2.75, 3.05) is 6.54 Å². The normalized spacial score (nSPS) is 9.57. The van der Waals surface area contributed by atoms with Crippen molar-refractivity contribution >= 4 is 17.4 Å². The molecule has 0 unspecified atom stereocenters. The van der Waals surface area contributed by atoms with Crippen LogP contribution in [0.1, 0.15) is 16.0 Å². The number of carbonyl (C=O) groups excluding carboxylic acids is 1. The molecule has 5 heteroatoms. The molecule has 0 saturated carbocycles. The van der Waals surface area contributed by atoms with E-state index in [0.29, 0.717) is 0 Å². The van der Waals surface area contributed by atoms with Crippen molar-refractivity contribution in [1.29, 1.82) is 0 Å². The molecule has 2 N–H and O–H groups in total. The number of rotatable bonds is 4. The fourth-order valence-electron chi connectivity index (χ4n) is 1.60. The van der Waals surface area contributed by atoms with Crippen LogP contribution in [0.3, 0.4) is 0 Å². The fourth-order valence-corrected chi connectivity index (χ4v) is 2.29. The van der Waals surface area contributed by atoms with Crippen molar-refractivity contribution in [2.24, 2.45) is 0 Å². The van der Waals surface area contributed by atoms with Gasteiger partial charge in [-0.15, -0.1) is 11.3 Å². The molecule has 0 spiro atoms. The minimum Gasteiger partial charge on any atom is -0.445 e. The van der Waals surface area contributed by atoms with Gasteiger partial charge in [-0.3, -0.25) is 0 Å². The largest absolute Gasteiger partial charge is 0.445 e. The molecule has 1 heterocycles. The van der Waals surface area contributed by atoms with Gasteiger partial charge in [0.25, 0.3) is 0 Å². The quantitative estimate of drug-likeness (QED) is 0.853. The van der Waals surface area contributed by atoms with Crippen molar-refractivity contribution in [2.45, 2.75) is 13.2 Å². The van der Waals surface area contributed by atoms with E-state index in [1.807, 2.05) is 41.8 Å². The lowest BCUT2D eigenvalue weighted by Gasteiger charge is -2.04. The molecule has 0 saturated heterocycles. The summed E-state index contributed by atoms with van der Waals surface area (Å²) in [6.45, 7) is 0.419. The Kier molecular flexibility index (Phi) is 5.83. The van der Waals surface area contributed by atoms with Gasteiger partial charge in [0.05, 0.1) is 13.2 Å². The highest BCUT2D eigenvalue weighted by Gasteiger charge is 2.01. The minimum absolute atomic E-state index is 0.0196. The van der Waals surface area contributed by atoms with Gasteiger partial charge in [0.15, 0.2) is 0 Å². The van der Waals surface area contributed by atoms with Crippen molar-refractivity contribution in [3.63, 3.8) is 0 Å². The number of alkyl carbamates (subject to hydrolysis) is 1. The van der Waals surface area contributed by atoms with E-state index < -0.39 is 6.09 Å². The van der Waals surface area contributed by atoms with Crippen molar-refractivity contribution in [3.8, 4) is 11.8 Å². The second-order valence-electron chi connectivity index (χ2n) is 4.13. The number of amides is 1. The minimum atomic E-state index is -0.499. The Bertz CT molecular complexity index is 640. The molecule has 0 bridgehead atoms. The van der Waals surface area contributed by atoms with E-state index in [-0.39, 0.29) is 19.8 Å². The number of aliphatic hydroxyl groups is 1. The zero-order valence-electron chi connectivity index (χ0n) is 11.3. The van der Waals surface area contributed by atoms with E-state index in [2.05, 4.69) is 17.2 Å². The van der Waals surface area contributed by atoms with E-state index in [1.54, 1.807) is 0 Å². The fraction of sp³-hybridized carbons (Fsp3) is 0.188. The highest BCUT2D eigenvalue weighted by Crippen LogP contribution is 2.14. The number of aliphatic hydroxyl groups excluding tert-OH is 1. The topological polar surface area (TPSA) is 58.6 Å². The first-order chi connectivity index (χ1) is 10.3. The molecule has 0 fully saturated rings. The maximum Gasteiger partial charge on any atom is 0.408 e. The monoisotopic (exact) mass is 301 g/mol. The molecule has 0 aliphatic carbocycles. The molecule has 0 atom stereocenters. The van der Waals surface area contributed by atoms with Gasteiger partial charge in [0.2, 0.25) is 0 Å². The van der Waals surface area contributed by atoms with Crippen LogP contribution < -0.4 is 5.32 Å². The lowest BCUT2D eigenvalue weighted by molar-refractivity contribution is 0.141. The average Bonchev–Trinajstić information content (AvgIpc) is 2.98. The summed E-state index contributed by atoms with van der Waals surface area (Å²) in [5.41, 5.74) is 1.73. The molecule has 2 rings (SSSR count). The van der Waals surface area contributed by atoms with Crippen molar-refractivity contribution < 1.29 is 14.6 Å². The molecule has 21 heavy (non-hydrogen) atoms. The molecular weight excluding hydrogens is 286 g/mol. The zero-order valence-corrected chi connectivity index (χ0v) is 12.2. The molecule has 2 aromatic rings. The maximum absolute atomic E-state index is 11.5. The third-order valence-corrected chi connectivity index (χ3v) is 3.55. The lowest BCUT2D eigenvalue weighted by Crippen LogP contribution is -2.24. The predicted molar refractivity (Wildman–Crippen MR) is 81.7 cm³/mol. The number of thiophene rings is 1. The number of hydrogen-bond donors (Lipinski definition) is 2. The SMILES string of the molecule is O=C(NCC#Cc1ccsc1CO)OCc1ccccc1. The van der Waals surface area contributed by atoms with Gasteiger partial charge in [0.1, 0.15) is 6.61 Å². The van der Waals surface area contributed by atoms with Gasteiger partial charge < -0.3 is 15.2 Å². The van der Waals surface area contributed by atoms with Crippen LogP contribution in [0.2, 0.25) is 0 Å². The molecule has 4 nitrogen and oxygen atoms in total. The third kappa shape index (κ3) is 4.95. The lowest BCUT2D eigenvalue weighted by atomic mass is 10.2. The van der Waals surface area contributed by atoms with Crippen LogP contribution in [0, 0.1) is 11.8 Å². The Morgan fingerprint density at radius 1 is 1.29 bits per heavy atom. The van der Waals surface area contributed by atoms with Crippen LogP contribution in [0.5, 0.6) is 0 Å². The van der Waals surface area contributed by atoms with Gasteiger partial charge in [-0.2, -0.15) is 0 Å². The highest BCUT2D eigenvalue weighted by molar-refractivity contribution is 7.10. The molecular formula is C16H15NO3S. The zero-order chi connectivity index (χ0) is 14.9. The average molecular weight is 301 g/mol. The Hall–Kier alpha value is -2.29. The maximum atomic E-state index is 11.5. The first kappa shape index (κ1) is 15.1. The summed E-state index contributed by atoms with van der Waals surface area (Å²) >= 11 is 1.46. The second-order valence-corrected chi connectivity index (χ2v) is 5.13. The molecule has 1 aromatic heterocycles. The first-order valence-electron chi connectivity index (χ1n) is 6.40. The predicted octanol–water partition coefficient (Wildman–Crippen LogP) is 2.52. The number of hydrogen-bond acceptors (Lipinski definition) is 4. The molecule has 108 valence electrons. The van der Waals surface area contributed by atoms with E-state index >= 15 is 0 Å². The Morgan fingerprint density at radius 2 is 2.10 bits per heavy atom. The van der Waals surface area contributed by atoms with E-state index in [9.17, 15) is 4.79 Å². The van der Waals surface area contributed by atoms with Gasteiger partial charge in [-0.1, -0.05) is 42.2 Å². The molecule has 1 amide bonds. The Balaban J connectivity index is 1.73. The van der Waals surface area contributed by atoms with E-state index in [0.717, 1.165) is 16.0 Å². The number of ether oxygens (including phenoxy) is 1. The molecule has 0 aliphatic heterocycles.